The highest BCUT2D eigenvalue weighted by Gasteiger charge is 2.15. The zero-order chi connectivity index (χ0) is 9.30. The summed E-state index contributed by atoms with van der Waals surface area (Å²) >= 11 is 5.88. The monoisotopic (exact) mass is 296 g/mol. The summed E-state index contributed by atoms with van der Waals surface area (Å²) in [4.78, 5) is 0. The van der Waals surface area contributed by atoms with Crippen LogP contribution in [0.5, 0.6) is 0 Å². The van der Waals surface area contributed by atoms with Crippen LogP contribution in [0.15, 0.2) is 21.1 Å². The van der Waals surface area contributed by atoms with Crippen LogP contribution in [-0.4, -0.2) is 17.2 Å². The lowest BCUT2D eigenvalue weighted by Crippen LogP contribution is -2.30. The van der Waals surface area contributed by atoms with Gasteiger partial charge in [0.1, 0.15) is 0 Å². The molecule has 64 valence electrons. The van der Waals surface area contributed by atoms with Crippen molar-refractivity contribution in [3.8, 4) is 0 Å². The van der Waals surface area contributed by atoms with Crippen molar-refractivity contribution in [2.45, 2.75) is 0 Å². The van der Waals surface area contributed by atoms with Crippen molar-refractivity contribution >= 4 is 44.4 Å². The second kappa shape index (κ2) is 3.87. The second-order valence-corrected chi connectivity index (χ2v) is 3.88. The summed E-state index contributed by atoms with van der Waals surface area (Å²) in [6.45, 7) is 0. The van der Waals surface area contributed by atoms with Gasteiger partial charge in [0.25, 0.3) is 0 Å². The fraction of sp³-hybridized carbons (Fsp3) is 0. The van der Waals surface area contributed by atoms with E-state index in [0.717, 1.165) is 0 Å². The Morgan fingerprint density at radius 2 is 1.58 bits per heavy atom. The maximum absolute atomic E-state index is 12.9. The van der Waals surface area contributed by atoms with Crippen LogP contribution in [0.4, 0.5) is 4.39 Å². The third kappa shape index (κ3) is 2.07. The zero-order valence-corrected chi connectivity index (χ0v) is 8.93. The first-order valence-corrected chi connectivity index (χ1v) is 4.61. The lowest BCUT2D eigenvalue weighted by molar-refractivity contribution is 0.425. The summed E-state index contributed by atoms with van der Waals surface area (Å²) in [7, 11) is -1.59. The van der Waals surface area contributed by atoms with E-state index >= 15 is 0 Å². The smallest absolute Gasteiger partial charge is 0.423 e. The van der Waals surface area contributed by atoms with Gasteiger partial charge in [0.15, 0.2) is 5.82 Å². The van der Waals surface area contributed by atoms with Crippen LogP contribution in [0.3, 0.4) is 0 Å². The average Bonchev–Trinajstić information content (AvgIpc) is 1.99. The van der Waals surface area contributed by atoms with Crippen LogP contribution in [0.25, 0.3) is 0 Å². The molecule has 0 heterocycles. The highest BCUT2D eigenvalue weighted by atomic mass is 79.9. The molecule has 0 aliphatic heterocycles. The van der Waals surface area contributed by atoms with Gasteiger partial charge in [-0.1, -0.05) is 0 Å². The Bertz CT molecular complexity index is 283. The summed E-state index contributed by atoms with van der Waals surface area (Å²) in [5.41, 5.74) is 0.232. The zero-order valence-electron chi connectivity index (χ0n) is 5.76. The SMILES string of the molecule is OB(O)c1cc(Br)c(F)c(Br)c1. The number of hydrogen-bond donors (Lipinski definition) is 2. The fourth-order valence-corrected chi connectivity index (χ4v) is 1.95. The first-order valence-electron chi connectivity index (χ1n) is 3.03. The van der Waals surface area contributed by atoms with E-state index in [1.807, 2.05) is 0 Å². The van der Waals surface area contributed by atoms with Crippen molar-refractivity contribution in [3.05, 3.63) is 26.9 Å². The Hall–Kier alpha value is 0.0949. The molecule has 0 bridgehead atoms. The van der Waals surface area contributed by atoms with E-state index in [4.69, 9.17) is 10.0 Å². The van der Waals surface area contributed by atoms with Gasteiger partial charge in [0, 0.05) is 0 Å². The first-order chi connectivity index (χ1) is 5.52. The maximum Gasteiger partial charge on any atom is 0.488 e. The molecule has 0 unspecified atom stereocenters. The third-order valence-electron chi connectivity index (χ3n) is 1.30. The van der Waals surface area contributed by atoms with Gasteiger partial charge in [-0.3, -0.25) is 0 Å². The molecule has 0 saturated carbocycles. The topological polar surface area (TPSA) is 40.5 Å². The minimum atomic E-state index is -1.59. The van der Waals surface area contributed by atoms with Gasteiger partial charge in [0.05, 0.1) is 8.95 Å². The van der Waals surface area contributed by atoms with E-state index in [0.29, 0.717) is 0 Å². The largest absolute Gasteiger partial charge is 0.488 e. The summed E-state index contributed by atoms with van der Waals surface area (Å²) < 4.78 is 13.3. The Balaban J connectivity index is 3.21. The van der Waals surface area contributed by atoms with Gasteiger partial charge in [-0.15, -0.1) is 0 Å². The molecular weight excluding hydrogens is 294 g/mol. The molecular formula is C6H4BBr2FO2. The highest BCUT2D eigenvalue weighted by Crippen LogP contribution is 2.21. The summed E-state index contributed by atoms with van der Waals surface area (Å²) in [5, 5.41) is 17.5. The van der Waals surface area contributed by atoms with Crippen LogP contribution in [0.2, 0.25) is 0 Å². The predicted octanol–water partition coefficient (Wildman–Crippen LogP) is 1.03. The van der Waals surface area contributed by atoms with Crippen molar-refractivity contribution in [1.29, 1.82) is 0 Å². The molecule has 0 amide bonds. The van der Waals surface area contributed by atoms with Crippen LogP contribution < -0.4 is 5.46 Å². The predicted molar refractivity (Wildman–Crippen MR) is 51.6 cm³/mol. The van der Waals surface area contributed by atoms with E-state index in [1.54, 1.807) is 0 Å². The number of rotatable bonds is 1. The average molecular weight is 298 g/mol. The van der Waals surface area contributed by atoms with Crippen molar-refractivity contribution in [2.75, 3.05) is 0 Å². The molecule has 0 fully saturated rings. The van der Waals surface area contributed by atoms with Gasteiger partial charge in [0.2, 0.25) is 0 Å². The van der Waals surface area contributed by atoms with E-state index in [-0.39, 0.29) is 14.4 Å². The second-order valence-electron chi connectivity index (χ2n) is 2.17. The highest BCUT2D eigenvalue weighted by molar-refractivity contribution is 9.11. The number of hydrogen-bond acceptors (Lipinski definition) is 2. The van der Waals surface area contributed by atoms with Gasteiger partial charge >= 0.3 is 7.12 Å². The molecule has 2 N–H and O–H groups in total. The molecule has 0 saturated heterocycles. The minimum absolute atomic E-state index is 0.194. The molecule has 1 aromatic rings. The molecule has 0 aliphatic rings. The number of benzene rings is 1. The van der Waals surface area contributed by atoms with Gasteiger partial charge in [-0.25, -0.2) is 4.39 Å². The minimum Gasteiger partial charge on any atom is -0.423 e. The Morgan fingerprint density at radius 1 is 1.17 bits per heavy atom. The fourth-order valence-electron chi connectivity index (χ4n) is 0.724. The van der Waals surface area contributed by atoms with Crippen molar-refractivity contribution in [1.82, 2.24) is 0 Å². The van der Waals surface area contributed by atoms with E-state index < -0.39 is 12.9 Å². The first kappa shape index (κ1) is 10.2. The quantitative estimate of drug-likeness (QED) is 0.600. The van der Waals surface area contributed by atoms with Crippen LogP contribution in [0.1, 0.15) is 0 Å². The van der Waals surface area contributed by atoms with Crippen molar-refractivity contribution < 1.29 is 14.4 Å². The Morgan fingerprint density at radius 3 is 1.92 bits per heavy atom. The Kier molecular flexibility index (Phi) is 3.28. The van der Waals surface area contributed by atoms with E-state index in [2.05, 4.69) is 31.9 Å². The normalized spacial score (nSPS) is 10.1. The molecule has 1 rings (SSSR count). The van der Waals surface area contributed by atoms with Crippen LogP contribution >= 0.6 is 31.9 Å². The molecule has 6 heteroatoms. The summed E-state index contributed by atoms with van der Waals surface area (Å²) in [6.07, 6.45) is 0. The summed E-state index contributed by atoms with van der Waals surface area (Å²) in [6, 6.07) is 2.62. The molecule has 12 heavy (non-hydrogen) atoms. The van der Waals surface area contributed by atoms with Crippen LogP contribution in [0, 0.1) is 5.82 Å². The maximum atomic E-state index is 12.9. The molecule has 0 aliphatic carbocycles. The van der Waals surface area contributed by atoms with Gasteiger partial charge in [-0.05, 0) is 49.5 Å². The molecule has 1 aromatic carbocycles. The molecule has 2 nitrogen and oxygen atoms in total. The Labute approximate surface area is 85.8 Å². The standard InChI is InChI=1S/C6H4BBr2FO2/c8-4-1-3(7(11)12)2-5(9)6(4)10/h1-2,11-12H. The van der Waals surface area contributed by atoms with Crippen molar-refractivity contribution in [2.24, 2.45) is 0 Å². The molecule has 0 aromatic heterocycles. The van der Waals surface area contributed by atoms with E-state index in [9.17, 15) is 4.39 Å². The van der Waals surface area contributed by atoms with E-state index in [1.165, 1.54) is 12.1 Å². The third-order valence-corrected chi connectivity index (χ3v) is 2.46. The van der Waals surface area contributed by atoms with Crippen LogP contribution in [-0.2, 0) is 0 Å². The molecule has 0 radical (unpaired) electrons. The lowest BCUT2D eigenvalue weighted by atomic mass is 9.80. The van der Waals surface area contributed by atoms with Gasteiger partial charge in [-0.2, -0.15) is 0 Å². The molecule has 0 atom stereocenters. The number of halogens is 3. The summed E-state index contributed by atoms with van der Waals surface area (Å²) in [5.74, 6) is -0.459. The van der Waals surface area contributed by atoms with Gasteiger partial charge < -0.3 is 10.0 Å². The lowest BCUT2D eigenvalue weighted by Gasteiger charge is -2.02. The molecule has 0 spiro atoms. The van der Waals surface area contributed by atoms with Crippen molar-refractivity contribution in [3.63, 3.8) is 0 Å².